The Balaban J connectivity index is 3.71. The van der Waals surface area contributed by atoms with Gasteiger partial charge in [-0.2, -0.15) is 0 Å². The van der Waals surface area contributed by atoms with Crippen molar-refractivity contribution in [3.8, 4) is 0 Å². The van der Waals surface area contributed by atoms with Crippen molar-refractivity contribution in [2.24, 2.45) is 0 Å². The van der Waals surface area contributed by atoms with Crippen LogP contribution in [0.3, 0.4) is 0 Å². The second-order valence-electron chi connectivity index (χ2n) is 2.79. The number of hydrogen-bond donors (Lipinski definition) is 0. The Kier molecular flexibility index (Phi) is 3.76. The molecule has 1 unspecified atom stereocenters. The standard InChI is InChI=1S/C3H7.C2H5.CH3.ClH.Sn/c1-3-2;1-2;;;/h3H,1-2H3;1H2,2H3;1H3;1H;/q;;;;+1/p-1. The van der Waals surface area contributed by atoms with Crippen molar-refractivity contribution >= 4 is 26.2 Å². The van der Waals surface area contributed by atoms with E-state index in [4.69, 9.17) is 8.92 Å². The van der Waals surface area contributed by atoms with Crippen molar-refractivity contribution < 1.29 is 0 Å². The van der Waals surface area contributed by atoms with Gasteiger partial charge in [0.05, 0.1) is 0 Å². The molecule has 0 rings (SSSR count). The van der Waals surface area contributed by atoms with Crippen LogP contribution in [0.5, 0.6) is 0 Å². The van der Waals surface area contributed by atoms with Gasteiger partial charge in [0.15, 0.2) is 0 Å². The van der Waals surface area contributed by atoms with E-state index in [1.54, 1.807) is 0 Å². The van der Waals surface area contributed by atoms with Crippen LogP contribution in [0.15, 0.2) is 0 Å². The number of hydrogen-bond acceptors (Lipinski definition) is 0. The minimum absolute atomic E-state index is 0.788. The van der Waals surface area contributed by atoms with E-state index in [-0.39, 0.29) is 0 Å². The number of rotatable bonds is 2. The SMILES string of the molecule is C[CH2][Sn]([CH3])([Cl])[CH](C)C. The summed E-state index contributed by atoms with van der Waals surface area (Å²) < 4.78 is 2.05. The Labute approximate surface area is 60.2 Å². The molecule has 0 nitrogen and oxygen atoms in total. The summed E-state index contributed by atoms with van der Waals surface area (Å²) in [5, 5.41) is 0. The molecule has 0 saturated heterocycles. The maximum atomic E-state index is 6.27. The predicted octanol–water partition coefficient (Wildman–Crippen LogP) is 3.23. The zero-order valence-electron chi connectivity index (χ0n) is 6.16. The molecule has 0 radical (unpaired) electrons. The van der Waals surface area contributed by atoms with Gasteiger partial charge in [-0.15, -0.1) is 0 Å². The van der Waals surface area contributed by atoms with E-state index in [1.807, 2.05) is 0 Å². The first-order valence-corrected chi connectivity index (χ1v) is 13.3. The summed E-state index contributed by atoms with van der Waals surface area (Å²) in [6, 6.07) is 0. The zero-order chi connectivity index (χ0) is 6.78. The van der Waals surface area contributed by atoms with Crippen LogP contribution in [-0.4, -0.2) is 17.3 Å². The molecule has 1 atom stereocenters. The fourth-order valence-corrected chi connectivity index (χ4v) is 2.74. The average Bonchev–Trinajstić information content (AvgIpc) is 1.67. The van der Waals surface area contributed by atoms with Crippen LogP contribution in [0.25, 0.3) is 0 Å². The Morgan fingerprint density at radius 1 is 1.50 bits per heavy atom. The molecule has 8 heavy (non-hydrogen) atoms. The fourth-order valence-electron chi connectivity index (χ4n) is 0.408. The van der Waals surface area contributed by atoms with Gasteiger partial charge in [0.2, 0.25) is 0 Å². The molecule has 0 saturated carbocycles. The summed E-state index contributed by atoms with van der Waals surface area (Å²) in [6.07, 6.45) is 0. The molecular weight excluding hydrogens is 226 g/mol. The first-order valence-electron chi connectivity index (χ1n) is 3.19. The molecule has 0 aromatic rings. The van der Waals surface area contributed by atoms with Crippen LogP contribution in [0.4, 0.5) is 0 Å². The summed E-state index contributed by atoms with van der Waals surface area (Å²) in [6.45, 7) is 6.70. The molecule has 0 heterocycles. The molecule has 0 spiro atoms. The van der Waals surface area contributed by atoms with Gasteiger partial charge in [-0.1, -0.05) is 0 Å². The van der Waals surface area contributed by atoms with Gasteiger partial charge < -0.3 is 0 Å². The van der Waals surface area contributed by atoms with E-state index in [1.165, 1.54) is 4.44 Å². The third-order valence-electron chi connectivity index (χ3n) is 1.90. The van der Waals surface area contributed by atoms with Crippen LogP contribution < -0.4 is 0 Å². The molecule has 0 N–H and O–H groups in total. The summed E-state index contributed by atoms with van der Waals surface area (Å²) in [7, 11) is 6.27. The monoisotopic (exact) mass is 242 g/mol. The Morgan fingerprint density at radius 3 is 1.88 bits per heavy atom. The van der Waals surface area contributed by atoms with Crippen molar-refractivity contribution in [2.45, 2.75) is 34.1 Å². The van der Waals surface area contributed by atoms with E-state index < -0.39 is 17.3 Å². The van der Waals surface area contributed by atoms with Gasteiger partial charge in [-0.3, -0.25) is 0 Å². The van der Waals surface area contributed by atoms with Gasteiger partial charge in [-0.25, -0.2) is 0 Å². The quantitative estimate of drug-likeness (QED) is 0.651. The molecule has 50 valence electrons. The van der Waals surface area contributed by atoms with Crippen LogP contribution in [-0.2, 0) is 0 Å². The minimum atomic E-state index is -1.95. The Morgan fingerprint density at radius 2 is 1.88 bits per heavy atom. The summed E-state index contributed by atoms with van der Waals surface area (Å²) in [5.74, 6) is 0. The van der Waals surface area contributed by atoms with E-state index in [0.717, 1.165) is 3.93 Å². The van der Waals surface area contributed by atoms with E-state index in [2.05, 4.69) is 25.7 Å². The summed E-state index contributed by atoms with van der Waals surface area (Å²) >= 11 is -1.95. The molecular formula is C6H15ClSn. The van der Waals surface area contributed by atoms with Crippen LogP contribution in [0.1, 0.15) is 20.8 Å². The fraction of sp³-hybridized carbons (Fsp3) is 1.00. The predicted molar refractivity (Wildman–Crippen MR) is 43.1 cm³/mol. The molecule has 0 aliphatic carbocycles. The Bertz CT molecular complexity index is 68.9. The third kappa shape index (κ3) is 2.58. The molecule has 0 bridgehead atoms. The van der Waals surface area contributed by atoms with Gasteiger partial charge in [0.1, 0.15) is 0 Å². The first-order chi connectivity index (χ1) is 3.50. The second-order valence-corrected chi connectivity index (χ2v) is 21.2. The molecule has 0 fully saturated rings. The first kappa shape index (κ1) is 9.09. The average molecular weight is 241 g/mol. The van der Waals surface area contributed by atoms with Crippen molar-refractivity contribution in [2.75, 3.05) is 0 Å². The summed E-state index contributed by atoms with van der Waals surface area (Å²) in [5.41, 5.74) is 0. The van der Waals surface area contributed by atoms with Crippen molar-refractivity contribution in [3.05, 3.63) is 0 Å². The van der Waals surface area contributed by atoms with E-state index in [9.17, 15) is 0 Å². The normalized spacial score (nSPS) is 18.8. The number of halogens is 1. The second kappa shape index (κ2) is 3.31. The van der Waals surface area contributed by atoms with Gasteiger partial charge >= 0.3 is 60.3 Å². The van der Waals surface area contributed by atoms with Crippen molar-refractivity contribution in [1.82, 2.24) is 0 Å². The van der Waals surface area contributed by atoms with Gasteiger partial charge in [0.25, 0.3) is 0 Å². The maximum absolute atomic E-state index is 6.27. The third-order valence-corrected chi connectivity index (χ3v) is 17.4. The molecule has 0 aromatic carbocycles. The molecule has 0 aliphatic heterocycles. The van der Waals surface area contributed by atoms with Gasteiger partial charge in [0, 0.05) is 0 Å². The van der Waals surface area contributed by atoms with Crippen LogP contribution in [0, 0.1) is 0 Å². The summed E-state index contributed by atoms with van der Waals surface area (Å²) in [4.78, 5) is 2.29. The molecule has 2 heteroatoms. The van der Waals surface area contributed by atoms with Crippen LogP contribution in [0.2, 0.25) is 13.3 Å². The zero-order valence-corrected chi connectivity index (χ0v) is 9.77. The Hall–Kier alpha value is 1.09. The molecule has 0 aliphatic rings. The van der Waals surface area contributed by atoms with Gasteiger partial charge in [-0.05, 0) is 0 Å². The molecule has 0 amide bonds. The van der Waals surface area contributed by atoms with Crippen molar-refractivity contribution in [1.29, 1.82) is 0 Å². The van der Waals surface area contributed by atoms with Crippen molar-refractivity contribution in [3.63, 3.8) is 0 Å². The van der Waals surface area contributed by atoms with E-state index in [0.29, 0.717) is 0 Å². The van der Waals surface area contributed by atoms with E-state index >= 15 is 0 Å². The topological polar surface area (TPSA) is 0 Å². The molecule has 0 aromatic heterocycles. The van der Waals surface area contributed by atoms with Crippen LogP contribution >= 0.6 is 8.92 Å².